The molecular formula is C21H21F2N5O2. The Kier molecular flexibility index (Phi) is 6.28. The summed E-state index contributed by atoms with van der Waals surface area (Å²) in [7, 11) is 0. The fourth-order valence-electron chi connectivity index (χ4n) is 3.11. The van der Waals surface area contributed by atoms with Gasteiger partial charge in [-0.05, 0) is 37.6 Å². The number of carbonyl (C=O) groups excluding carboxylic acids is 1. The summed E-state index contributed by atoms with van der Waals surface area (Å²) in [5.41, 5.74) is 7.22. The van der Waals surface area contributed by atoms with E-state index in [1.54, 1.807) is 30.5 Å². The molecule has 3 aromatic rings. The van der Waals surface area contributed by atoms with Crippen LogP contribution in [0.4, 0.5) is 8.78 Å². The second-order valence-corrected chi connectivity index (χ2v) is 6.88. The number of fused-ring (bicyclic) bond motifs is 1. The maximum atomic E-state index is 13.9. The van der Waals surface area contributed by atoms with E-state index < -0.39 is 23.6 Å². The summed E-state index contributed by atoms with van der Waals surface area (Å²) in [6.07, 6.45) is 1.79. The molecule has 0 spiro atoms. The lowest BCUT2D eigenvalue weighted by Crippen LogP contribution is -2.40. The van der Waals surface area contributed by atoms with E-state index in [-0.39, 0.29) is 36.6 Å². The predicted octanol–water partition coefficient (Wildman–Crippen LogP) is 2.78. The van der Waals surface area contributed by atoms with Crippen LogP contribution in [-0.4, -0.2) is 27.9 Å². The molecule has 7 nitrogen and oxygen atoms in total. The van der Waals surface area contributed by atoms with Gasteiger partial charge in [-0.15, -0.1) is 0 Å². The average Bonchev–Trinajstić information content (AvgIpc) is 3.02. The number of amides is 1. The van der Waals surface area contributed by atoms with Crippen LogP contribution in [0, 0.1) is 36.8 Å². The van der Waals surface area contributed by atoms with Crippen molar-refractivity contribution in [3.05, 3.63) is 64.6 Å². The van der Waals surface area contributed by atoms with Crippen LogP contribution < -0.4 is 15.8 Å². The van der Waals surface area contributed by atoms with Crippen LogP contribution in [-0.2, 0) is 6.61 Å². The number of hydrogen-bond acceptors (Lipinski definition) is 5. The van der Waals surface area contributed by atoms with Crippen molar-refractivity contribution in [3.63, 3.8) is 0 Å². The number of aromatic nitrogens is 2. The molecule has 1 amide bonds. The minimum Gasteiger partial charge on any atom is -0.485 e. The van der Waals surface area contributed by atoms with Crippen molar-refractivity contribution in [1.82, 2.24) is 14.7 Å². The smallest absolute Gasteiger partial charge is 0.270 e. The second-order valence-electron chi connectivity index (χ2n) is 6.88. The van der Waals surface area contributed by atoms with Crippen molar-refractivity contribution < 1.29 is 18.3 Å². The lowest BCUT2D eigenvalue weighted by Gasteiger charge is -2.14. The molecule has 1 aromatic carbocycles. The van der Waals surface area contributed by atoms with E-state index in [4.69, 9.17) is 15.7 Å². The van der Waals surface area contributed by atoms with Crippen LogP contribution >= 0.6 is 0 Å². The van der Waals surface area contributed by atoms with E-state index in [0.29, 0.717) is 11.3 Å². The number of aryl methyl sites for hydroxylation is 2. The minimum atomic E-state index is -0.705. The van der Waals surface area contributed by atoms with Crippen molar-refractivity contribution in [3.8, 4) is 11.8 Å². The van der Waals surface area contributed by atoms with E-state index in [2.05, 4.69) is 10.3 Å². The number of nitrogens with zero attached hydrogens (tertiary/aromatic N) is 3. The number of carbonyl (C=O) groups is 1. The van der Waals surface area contributed by atoms with Gasteiger partial charge in [-0.3, -0.25) is 9.20 Å². The molecule has 9 heteroatoms. The predicted molar refractivity (Wildman–Crippen MR) is 106 cm³/mol. The first-order valence-corrected chi connectivity index (χ1v) is 9.28. The molecule has 0 aliphatic heterocycles. The third-order valence-electron chi connectivity index (χ3n) is 4.60. The first-order valence-electron chi connectivity index (χ1n) is 9.28. The zero-order valence-corrected chi connectivity index (χ0v) is 16.6. The van der Waals surface area contributed by atoms with Crippen molar-refractivity contribution in [1.29, 1.82) is 5.26 Å². The van der Waals surface area contributed by atoms with Gasteiger partial charge < -0.3 is 15.8 Å². The molecule has 0 fully saturated rings. The van der Waals surface area contributed by atoms with Gasteiger partial charge in [0.05, 0.1) is 29.8 Å². The first-order chi connectivity index (χ1) is 14.3. The monoisotopic (exact) mass is 413 g/mol. The Morgan fingerprint density at radius 3 is 2.70 bits per heavy atom. The SMILES string of the molecule is Cc1cc(OCc2c(F)cccc2F)c2nc(C)c(C(=O)NC(CN)CC#N)n2c1. The molecule has 0 aliphatic carbocycles. The number of rotatable bonds is 7. The minimum absolute atomic E-state index is 0.0830. The number of benzene rings is 1. The Bertz CT molecular complexity index is 1120. The fraction of sp³-hybridized carbons (Fsp3) is 0.286. The largest absolute Gasteiger partial charge is 0.485 e. The number of hydrogen-bond donors (Lipinski definition) is 2. The van der Waals surface area contributed by atoms with Crippen LogP contribution in [0.2, 0.25) is 0 Å². The van der Waals surface area contributed by atoms with Gasteiger partial charge >= 0.3 is 0 Å². The van der Waals surface area contributed by atoms with Crippen molar-refractivity contribution in [2.75, 3.05) is 6.54 Å². The van der Waals surface area contributed by atoms with Crippen LogP contribution in [0.5, 0.6) is 5.75 Å². The van der Waals surface area contributed by atoms with Gasteiger partial charge in [0, 0.05) is 12.7 Å². The Morgan fingerprint density at radius 1 is 1.37 bits per heavy atom. The number of nitrogens with two attached hydrogens (primary N) is 1. The topological polar surface area (TPSA) is 105 Å². The Labute approximate surface area is 172 Å². The van der Waals surface area contributed by atoms with E-state index in [0.717, 1.165) is 17.7 Å². The molecule has 0 saturated heterocycles. The van der Waals surface area contributed by atoms with Crippen LogP contribution in [0.3, 0.4) is 0 Å². The first kappa shape index (κ1) is 21.2. The Morgan fingerprint density at radius 2 is 2.07 bits per heavy atom. The van der Waals surface area contributed by atoms with Gasteiger partial charge in [0.15, 0.2) is 11.4 Å². The molecule has 156 valence electrons. The molecule has 0 radical (unpaired) electrons. The molecule has 0 saturated carbocycles. The molecule has 30 heavy (non-hydrogen) atoms. The van der Waals surface area contributed by atoms with E-state index in [1.807, 2.05) is 6.07 Å². The van der Waals surface area contributed by atoms with Gasteiger partial charge in [-0.1, -0.05) is 6.07 Å². The summed E-state index contributed by atoms with van der Waals surface area (Å²) in [5.74, 6) is -1.55. The molecule has 1 atom stereocenters. The third-order valence-corrected chi connectivity index (χ3v) is 4.60. The lowest BCUT2D eigenvalue weighted by atomic mass is 10.2. The third kappa shape index (κ3) is 4.23. The molecule has 1 unspecified atom stereocenters. The van der Waals surface area contributed by atoms with Crippen LogP contribution in [0.15, 0.2) is 30.5 Å². The highest BCUT2D eigenvalue weighted by molar-refractivity contribution is 5.95. The van der Waals surface area contributed by atoms with Crippen molar-refractivity contribution in [2.24, 2.45) is 5.73 Å². The van der Waals surface area contributed by atoms with Crippen LogP contribution in [0.1, 0.15) is 33.7 Å². The zero-order chi connectivity index (χ0) is 21.8. The summed E-state index contributed by atoms with van der Waals surface area (Å²) < 4.78 is 35.1. The molecule has 2 heterocycles. The molecule has 0 aliphatic rings. The summed E-state index contributed by atoms with van der Waals surface area (Å²) >= 11 is 0. The van der Waals surface area contributed by atoms with E-state index in [1.165, 1.54) is 6.07 Å². The molecular weight excluding hydrogens is 392 g/mol. The number of nitriles is 1. The van der Waals surface area contributed by atoms with Crippen molar-refractivity contribution in [2.45, 2.75) is 32.9 Å². The maximum Gasteiger partial charge on any atom is 0.270 e. The summed E-state index contributed by atoms with van der Waals surface area (Å²) in [6.45, 7) is 3.25. The summed E-state index contributed by atoms with van der Waals surface area (Å²) in [4.78, 5) is 17.2. The highest BCUT2D eigenvalue weighted by Crippen LogP contribution is 2.26. The van der Waals surface area contributed by atoms with E-state index in [9.17, 15) is 13.6 Å². The fourth-order valence-corrected chi connectivity index (χ4v) is 3.11. The number of imidazole rings is 1. The molecule has 3 N–H and O–H groups in total. The maximum absolute atomic E-state index is 13.9. The normalized spacial score (nSPS) is 11.9. The van der Waals surface area contributed by atoms with Gasteiger partial charge in [0.1, 0.15) is 23.9 Å². The Hall–Kier alpha value is -3.51. The highest BCUT2D eigenvalue weighted by Gasteiger charge is 2.22. The molecule has 2 aromatic heterocycles. The standard InChI is InChI=1S/C21H21F2N5O2/c1-12-8-18(30-11-15-16(22)4-3-5-17(15)23)20-26-13(2)19(28(20)10-12)21(29)27-14(9-25)6-7-24/h3-5,8,10,14H,6,9,11,25H2,1-2H3,(H,27,29). The zero-order valence-electron chi connectivity index (χ0n) is 16.6. The van der Waals surface area contributed by atoms with E-state index >= 15 is 0 Å². The number of nitrogens with one attached hydrogen (secondary N) is 1. The van der Waals surface area contributed by atoms with Crippen LogP contribution in [0.25, 0.3) is 5.65 Å². The second kappa shape index (κ2) is 8.88. The average molecular weight is 413 g/mol. The number of pyridine rings is 1. The van der Waals surface area contributed by atoms with Gasteiger partial charge in [0.25, 0.3) is 5.91 Å². The lowest BCUT2D eigenvalue weighted by molar-refractivity contribution is 0.0932. The van der Waals surface area contributed by atoms with Gasteiger partial charge in [-0.2, -0.15) is 5.26 Å². The summed E-state index contributed by atoms with van der Waals surface area (Å²) in [5, 5.41) is 11.6. The highest BCUT2D eigenvalue weighted by atomic mass is 19.1. The number of halogens is 2. The van der Waals surface area contributed by atoms with Gasteiger partial charge in [-0.25, -0.2) is 13.8 Å². The van der Waals surface area contributed by atoms with Gasteiger partial charge in [0.2, 0.25) is 0 Å². The summed E-state index contributed by atoms with van der Waals surface area (Å²) in [6, 6.07) is 6.77. The molecule has 3 rings (SSSR count). The number of ether oxygens (including phenoxy) is 1. The Balaban J connectivity index is 1.96. The molecule has 0 bridgehead atoms. The quantitative estimate of drug-likeness (QED) is 0.620. The van der Waals surface area contributed by atoms with Crippen molar-refractivity contribution >= 4 is 11.6 Å².